The number of methoxy groups -OCH3 is 1. The number of ether oxygens (including phenoxy) is 1. The van der Waals surface area contributed by atoms with Crippen molar-refractivity contribution in [3.63, 3.8) is 0 Å². The Balaban J connectivity index is 2.87. The Morgan fingerprint density at radius 2 is 2.00 bits per heavy atom. The van der Waals surface area contributed by atoms with E-state index in [1.165, 1.54) is 5.56 Å². The Kier molecular flexibility index (Phi) is 2.60. The first kappa shape index (κ1) is 10.1. The standard InChI is InChI=1S/C10H8Cl2OS/c1-5-4-14-10-6(5)3-7(13-2)8(11)9(10)12/h3-4H,1-2H3. The number of halogens is 2. The molecule has 1 nitrogen and oxygen atoms in total. The number of hydrogen-bond donors (Lipinski definition) is 0. The molecule has 4 heteroatoms. The van der Waals surface area contributed by atoms with Gasteiger partial charge in [0.05, 0.1) is 16.8 Å². The van der Waals surface area contributed by atoms with E-state index in [-0.39, 0.29) is 0 Å². The van der Waals surface area contributed by atoms with Crippen LogP contribution in [-0.4, -0.2) is 7.11 Å². The monoisotopic (exact) mass is 246 g/mol. The quantitative estimate of drug-likeness (QED) is 0.719. The Morgan fingerprint density at radius 1 is 1.29 bits per heavy atom. The normalized spacial score (nSPS) is 10.9. The summed E-state index contributed by atoms with van der Waals surface area (Å²) in [7, 11) is 1.59. The molecule has 0 spiro atoms. The molecule has 0 N–H and O–H groups in total. The largest absolute Gasteiger partial charge is 0.495 e. The fraction of sp³-hybridized carbons (Fsp3) is 0.200. The lowest BCUT2D eigenvalue weighted by Crippen LogP contribution is -1.84. The van der Waals surface area contributed by atoms with E-state index in [0.717, 1.165) is 10.1 Å². The minimum atomic E-state index is 0.489. The molecule has 74 valence electrons. The molecule has 0 saturated heterocycles. The minimum Gasteiger partial charge on any atom is -0.495 e. The highest BCUT2D eigenvalue weighted by molar-refractivity contribution is 7.18. The first-order valence-corrected chi connectivity index (χ1v) is 5.68. The van der Waals surface area contributed by atoms with Gasteiger partial charge in [-0.15, -0.1) is 11.3 Å². The van der Waals surface area contributed by atoms with Gasteiger partial charge in [-0.3, -0.25) is 0 Å². The molecule has 0 radical (unpaired) electrons. The van der Waals surface area contributed by atoms with E-state index in [1.807, 2.05) is 13.0 Å². The van der Waals surface area contributed by atoms with Gasteiger partial charge in [0, 0.05) is 5.39 Å². The van der Waals surface area contributed by atoms with Crippen LogP contribution in [-0.2, 0) is 0 Å². The molecule has 14 heavy (non-hydrogen) atoms. The van der Waals surface area contributed by atoms with Crippen molar-refractivity contribution in [3.05, 3.63) is 27.1 Å². The highest BCUT2D eigenvalue weighted by Gasteiger charge is 2.13. The van der Waals surface area contributed by atoms with Crippen LogP contribution < -0.4 is 4.74 Å². The summed E-state index contributed by atoms with van der Waals surface area (Å²) in [4.78, 5) is 0. The van der Waals surface area contributed by atoms with E-state index in [9.17, 15) is 0 Å². The van der Waals surface area contributed by atoms with E-state index in [0.29, 0.717) is 15.8 Å². The van der Waals surface area contributed by atoms with Crippen molar-refractivity contribution in [1.29, 1.82) is 0 Å². The van der Waals surface area contributed by atoms with Crippen LogP contribution in [0.15, 0.2) is 11.4 Å². The zero-order valence-corrected chi connectivity index (χ0v) is 10.1. The molecule has 2 rings (SSSR count). The molecule has 1 heterocycles. The molecule has 0 atom stereocenters. The van der Waals surface area contributed by atoms with E-state index in [4.69, 9.17) is 27.9 Å². The van der Waals surface area contributed by atoms with Gasteiger partial charge in [0.15, 0.2) is 0 Å². The van der Waals surface area contributed by atoms with Crippen molar-refractivity contribution in [1.82, 2.24) is 0 Å². The van der Waals surface area contributed by atoms with Gasteiger partial charge in [-0.25, -0.2) is 0 Å². The van der Waals surface area contributed by atoms with Gasteiger partial charge in [0.1, 0.15) is 10.8 Å². The van der Waals surface area contributed by atoms with Crippen molar-refractivity contribution >= 4 is 44.6 Å². The second-order valence-electron chi connectivity index (χ2n) is 3.00. The van der Waals surface area contributed by atoms with Gasteiger partial charge in [0.25, 0.3) is 0 Å². The summed E-state index contributed by atoms with van der Waals surface area (Å²) >= 11 is 13.8. The third-order valence-electron chi connectivity index (χ3n) is 2.13. The number of rotatable bonds is 1. The molecule has 2 aromatic rings. The number of fused-ring (bicyclic) bond motifs is 1. The Morgan fingerprint density at radius 3 is 2.64 bits per heavy atom. The highest BCUT2D eigenvalue weighted by atomic mass is 35.5. The molecule has 0 aliphatic heterocycles. The van der Waals surface area contributed by atoms with Gasteiger partial charge in [-0.2, -0.15) is 0 Å². The lowest BCUT2D eigenvalue weighted by atomic mass is 10.2. The molecule has 0 aliphatic carbocycles. The lowest BCUT2D eigenvalue weighted by Gasteiger charge is -2.05. The average molecular weight is 247 g/mol. The Bertz CT molecular complexity index is 490. The van der Waals surface area contributed by atoms with Crippen molar-refractivity contribution in [3.8, 4) is 5.75 Å². The van der Waals surface area contributed by atoms with Crippen molar-refractivity contribution in [2.75, 3.05) is 7.11 Å². The molecular formula is C10H8Cl2OS. The number of benzene rings is 1. The molecule has 0 saturated carbocycles. The van der Waals surface area contributed by atoms with Gasteiger partial charge in [-0.05, 0) is 23.9 Å². The predicted molar refractivity (Wildman–Crippen MR) is 63.1 cm³/mol. The van der Waals surface area contributed by atoms with Crippen LogP contribution in [0.5, 0.6) is 5.75 Å². The molecule has 0 bridgehead atoms. The van der Waals surface area contributed by atoms with Crippen LogP contribution in [0.25, 0.3) is 10.1 Å². The molecule has 0 unspecified atom stereocenters. The second kappa shape index (κ2) is 3.61. The van der Waals surface area contributed by atoms with Crippen molar-refractivity contribution in [2.45, 2.75) is 6.92 Å². The molecule has 0 amide bonds. The lowest BCUT2D eigenvalue weighted by molar-refractivity contribution is 0.415. The predicted octanol–water partition coefficient (Wildman–Crippen LogP) is 4.53. The van der Waals surface area contributed by atoms with Gasteiger partial charge in [0.2, 0.25) is 0 Å². The average Bonchev–Trinajstić information content (AvgIpc) is 2.54. The third kappa shape index (κ3) is 1.38. The topological polar surface area (TPSA) is 9.23 Å². The van der Waals surface area contributed by atoms with Gasteiger partial charge >= 0.3 is 0 Å². The summed E-state index contributed by atoms with van der Waals surface area (Å²) in [6, 6.07) is 1.93. The summed E-state index contributed by atoms with van der Waals surface area (Å²) in [5, 5.41) is 4.25. The molecular weight excluding hydrogens is 239 g/mol. The van der Waals surface area contributed by atoms with E-state index in [1.54, 1.807) is 18.4 Å². The smallest absolute Gasteiger partial charge is 0.139 e. The van der Waals surface area contributed by atoms with Crippen LogP contribution in [0.1, 0.15) is 5.56 Å². The molecule has 1 aromatic carbocycles. The van der Waals surface area contributed by atoms with Gasteiger partial charge < -0.3 is 4.74 Å². The van der Waals surface area contributed by atoms with E-state index >= 15 is 0 Å². The highest BCUT2D eigenvalue weighted by Crippen LogP contribution is 2.42. The fourth-order valence-electron chi connectivity index (χ4n) is 1.35. The van der Waals surface area contributed by atoms with Crippen LogP contribution in [0.2, 0.25) is 10.0 Å². The zero-order valence-electron chi connectivity index (χ0n) is 7.73. The maximum Gasteiger partial charge on any atom is 0.139 e. The minimum absolute atomic E-state index is 0.489. The first-order valence-electron chi connectivity index (χ1n) is 4.05. The van der Waals surface area contributed by atoms with E-state index in [2.05, 4.69) is 5.38 Å². The Labute approximate surface area is 96.2 Å². The fourth-order valence-corrected chi connectivity index (χ4v) is 2.94. The van der Waals surface area contributed by atoms with Crippen LogP contribution in [0.4, 0.5) is 0 Å². The summed E-state index contributed by atoms with van der Waals surface area (Å²) < 4.78 is 6.17. The summed E-state index contributed by atoms with van der Waals surface area (Å²) in [6.45, 7) is 2.04. The number of thiophene rings is 1. The van der Waals surface area contributed by atoms with Crippen molar-refractivity contribution < 1.29 is 4.74 Å². The molecule has 1 aromatic heterocycles. The first-order chi connectivity index (χ1) is 6.65. The number of aryl methyl sites for hydroxylation is 1. The maximum atomic E-state index is 6.12. The van der Waals surface area contributed by atoms with Crippen LogP contribution >= 0.6 is 34.5 Å². The number of hydrogen-bond acceptors (Lipinski definition) is 2. The van der Waals surface area contributed by atoms with Crippen molar-refractivity contribution in [2.24, 2.45) is 0 Å². The van der Waals surface area contributed by atoms with Crippen LogP contribution in [0, 0.1) is 6.92 Å². The maximum absolute atomic E-state index is 6.12. The third-order valence-corrected chi connectivity index (χ3v) is 4.22. The summed E-state index contributed by atoms with van der Waals surface area (Å²) in [6.07, 6.45) is 0. The summed E-state index contributed by atoms with van der Waals surface area (Å²) in [5.74, 6) is 0.630. The zero-order chi connectivity index (χ0) is 10.3. The van der Waals surface area contributed by atoms with E-state index < -0.39 is 0 Å². The summed E-state index contributed by atoms with van der Waals surface area (Å²) in [5.41, 5.74) is 1.20. The van der Waals surface area contributed by atoms with Gasteiger partial charge in [-0.1, -0.05) is 23.2 Å². The molecule has 0 aliphatic rings. The SMILES string of the molecule is COc1cc2c(C)csc2c(Cl)c1Cl. The Hall–Kier alpha value is -0.440. The van der Waals surface area contributed by atoms with Crippen LogP contribution in [0.3, 0.4) is 0 Å². The molecule has 0 fully saturated rings. The second-order valence-corrected chi connectivity index (χ2v) is 4.64.